The molecule has 0 spiro atoms. The van der Waals surface area contributed by atoms with Crippen molar-refractivity contribution in [2.45, 2.75) is 38.2 Å². The van der Waals surface area contributed by atoms with Crippen LogP contribution >= 0.6 is 0 Å². The van der Waals surface area contributed by atoms with E-state index in [1.807, 2.05) is 26.0 Å². The first-order chi connectivity index (χ1) is 11.4. The number of nitrogens with zero attached hydrogens (tertiary/aromatic N) is 2. The summed E-state index contributed by atoms with van der Waals surface area (Å²) in [5, 5.41) is 10.6. The fourth-order valence-corrected chi connectivity index (χ4v) is 3.87. The van der Waals surface area contributed by atoms with Crippen molar-refractivity contribution in [2.75, 3.05) is 4.90 Å². The van der Waals surface area contributed by atoms with Crippen molar-refractivity contribution in [1.29, 1.82) is 0 Å². The lowest BCUT2D eigenvalue weighted by molar-refractivity contribution is 0.0788. The molecule has 1 unspecified atom stereocenters. The van der Waals surface area contributed by atoms with Gasteiger partial charge in [0.15, 0.2) is 0 Å². The number of pyridine rings is 1. The summed E-state index contributed by atoms with van der Waals surface area (Å²) in [6.45, 7) is 5.90. The minimum atomic E-state index is -0.956. The summed E-state index contributed by atoms with van der Waals surface area (Å²) in [5.41, 5.74) is 3.50. The van der Waals surface area contributed by atoms with Crippen LogP contribution in [-0.4, -0.2) is 10.1 Å². The average Bonchev–Trinajstić information content (AvgIpc) is 2.83. The molecule has 3 heteroatoms. The summed E-state index contributed by atoms with van der Waals surface area (Å²) < 4.78 is 0. The topological polar surface area (TPSA) is 36.4 Å². The number of allylic oxidation sites excluding steroid dienone is 4. The Morgan fingerprint density at radius 2 is 1.96 bits per heavy atom. The zero-order valence-electron chi connectivity index (χ0n) is 14.3. The molecular weight excluding hydrogens is 296 g/mol. The molecule has 1 aliphatic heterocycles. The summed E-state index contributed by atoms with van der Waals surface area (Å²) in [6, 6.07) is 12.3. The van der Waals surface area contributed by atoms with Crippen LogP contribution in [0.2, 0.25) is 0 Å². The van der Waals surface area contributed by atoms with Gasteiger partial charge in [-0.2, -0.15) is 0 Å². The molecule has 3 nitrogen and oxygen atoms in total. The van der Waals surface area contributed by atoms with Crippen LogP contribution < -0.4 is 4.90 Å². The molecule has 0 bridgehead atoms. The van der Waals surface area contributed by atoms with Crippen LogP contribution in [0.1, 0.15) is 38.3 Å². The number of hydrogen-bond acceptors (Lipinski definition) is 3. The van der Waals surface area contributed by atoms with Gasteiger partial charge in [-0.3, -0.25) is 4.90 Å². The highest BCUT2D eigenvalue weighted by atomic mass is 16.3. The second-order valence-corrected chi connectivity index (χ2v) is 7.30. The van der Waals surface area contributed by atoms with E-state index in [4.69, 9.17) is 0 Å². The number of benzene rings is 1. The van der Waals surface area contributed by atoms with Crippen LogP contribution in [0.5, 0.6) is 0 Å². The molecule has 1 aromatic heterocycles. The molecule has 2 aliphatic rings. The number of fused-ring (bicyclic) bond motifs is 3. The highest BCUT2D eigenvalue weighted by Crippen LogP contribution is 2.54. The van der Waals surface area contributed by atoms with Gasteiger partial charge in [0.25, 0.3) is 0 Å². The van der Waals surface area contributed by atoms with Crippen molar-refractivity contribution in [3.05, 3.63) is 77.6 Å². The Hall–Kier alpha value is -2.39. The zero-order chi connectivity index (χ0) is 16.9. The molecule has 122 valence electrons. The third-order valence-corrected chi connectivity index (χ3v) is 5.12. The lowest BCUT2D eigenvalue weighted by atomic mass is 9.77. The molecule has 0 amide bonds. The third kappa shape index (κ3) is 2.05. The van der Waals surface area contributed by atoms with Crippen LogP contribution in [0.4, 0.5) is 11.5 Å². The maximum Gasteiger partial charge on any atom is 0.143 e. The molecule has 0 saturated heterocycles. The fourth-order valence-electron chi connectivity index (χ4n) is 3.87. The molecule has 1 aromatic carbocycles. The number of anilines is 2. The molecule has 0 saturated carbocycles. The third-order valence-electron chi connectivity index (χ3n) is 5.12. The standard InChI is InChI=1S/C21H22N2O/c1-20(2,24)16-10-8-14-22-19(16)23-17-11-5-4-9-15(17)21(3)13-7-6-12-18(21)23/h4-12,14,24H,13H2,1-3H3. The number of rotatable bonds is 2. The number of hydrogen-bond donors (Lipinski definition) is 1. The van der Waals surface area contributed by atoms with Gasteiger partial charge in [-0.05, 0) is 51.0 Å². The van der Waals surface area contributed by atoms with E-state index < -0.39 is 5.60 Å². The second kappa shape index (κ2) is 5.05. The van der Waals surface area contributed by atoms with Crippen molar-refractivity contribution >= 4 is 11.5 Å². The van der Waals surface area contributed by atoms with E-state index >= 15 is 0 Å². The highest BCUT2D eigenvalue weighted by Gasteiger charge is 2.45. The van der Waals surface area contributed by atoms with Gasteiger partial charge in [0, 0.05) is 22.9 Å². The van der Waals surface area contributed by atoms with E-state index in [9.17, 15) is 5.11 Å². The Morgan fingerprint density at radius 3 is 2.75 bits per heavy atom. The Labute approximate surface area is 143 Å². The van der Waals surface area contributed by atoms with Crippen molar-refractivity contribution in [3.8, 4) is 0 Å². The second-order valence-electron chi connectivity index (χ2n) is 7.30. The minimum absolute atomic E-state index is 0.0558. The Kier molecular flexibility index (Phi) is 3.19. The molecule has 0 radical (unpaired) electrons. The Bertz CT molecular complexity index is 860. The summed E-state index contributed by atoms with van der Waals surface area (Å²) >= 11 is 0. The van der Waals surface area contributed by atoms with E-state index in [1.165, 1.54) is 11.3 Å². The predicted molar refractivity (Wildman–Crippen MR) is 97.3 cm³/mol. The zero-order valence-corrected chi connectivity index (χ0v) is 14.3. The normalized spacial score (nSPS) is 22.2. The molecule has 1 N–H and O–H groups in total. The minimum Gasteiger partial charge on any atom is -0.386 e. The lowest BCUT2D eigenvalue weighted by Crippen LogP contribution is -2.29. The smallest absolute Gasteiger partial charge is 0.143 e. The molecule has 24 heavy (non-hydrogen) atoms. The van der Waals surface area contributed by atoms with Gasteiger partial charge in [-0.25, -0.2) is 4.98 Å². The number of aromatic nitrogens is 1. The van der Waals surface area contributed by atoms with Gasteiger partial charge < -0.3 is 5.11 Å². The Morgan fingerprint density at radius 1 is 1.17 bits per heavy atom. The van der Waals surface area contributed by atoms with Crippen LogP contribution in [0.3, 0.4) is 0 Å². The average molecular weight is 318 g/mol. The van der Waals surface area contributed by atoms with Gasteiger partial charge in [0.05, 0.1) is 11.3 Å². The van der Waals surface area contributed by atoms with Crippen molar-refractivity contribution < 1.29 is 5.11 Å². The van der Waals surface area contributed by atoms with E-state index in [1.54, 1.807) is 6.20 Å². The molecule has 0 fully saturated rings. The quantitative estimate of drug-likeness (QED) is 0.881. The number of para-hydroxylation sites is 1. The summed E-state index contributed by atoms with van der Waals surface area (Å²) in [5.74, 6) is 0.808. The first-order valence-electron chi connectivity index (χ1n) is 8.38. The summed E-state index contributed by atoms with van der Waals surface area (Å²) in [4.78, 5) is 6.86. The van der Waals surface area contributed by atoms with Crippen LogP contribution in [-0.2, 0) is 11.0 Å². The van der Waals surface area contributed by atoms with Gasteiger partial charge in [-0.15, -0.1) is 0 Å². The molecule has 1 aliphatic carbocycles. The molecule has 2 aromatic rings. The van der Waals surface area contributed by atoms with E-state index in [0.29, 0.717) is 0 Å². The summed E-state index contributed by atoms with van der Waals surface area (Å²) in [6.07, 6.45) is 9.27. The van der Waals surface area contributed by atoms with Gasteiger partial charge in [-0.1, -0.05) is 36.4 Å². The van der Waals surface area contributed by atoms with Crippen LogP contribution in [0.15, 0.2) is 66.5 Å². The SMILES string of the molecule is CC(C)(O)c1cccnc1N1C2=CC=CCC2(C)c2ccccc21. The van der Waals surface area contributed by atoms with Crippen LogP contribution in [0, 0.1) is 0 Å². The van der Waals surface area contributed by atoms with Gasteiger partial charge in [0.1, 0.15) is 5.82 Å². The Balaban J connectivity index is 2.00. The lowest BCUT2D eigenvalue weighted by Gasteiger charge is -2.33. The van der Waals surface area contributed by atoms with E-state index in [0.717, 1.165) is 23.5 Å². The molecule has 1 atom stereocenters. The van der Waals surface area contributed by atoms with Crippen molar-refractivity contribution in [1.82, 2.24) is 4.98 Å². The largest absolute Gasteiger partial charge is 0.386 e. The van der Waals surface area contributed by atoms with E-state index in [2.05, 4.69) is 59.3 Å². The predicted octanol–water partition coefficient (Wildman–Crippen LogP) is 4.56. The maximum atomic E-state index is 10.6. The highest BCUT2D eigenvalue weighted by molar-refractivity contribution is 5.80. The number of aliphatic hydroxyl groups is 1. The monoisotopic (exact) mass is 318 g/mol. The van der Waals surface area contributed by atoms with Crippen molar-refractivity contribution in [2.24, 2.45) is 0 Å². The van der Waals surface area contributed by atoms with Crippen LogP contribution in [0.25, 0.3) is 0 Å². The van der Waals surface area contributed by atoms with Gasteiger partial charge >= 0.3 is 0 Å². The van der Waals surface area contributed by atoms with Gasteiger partial charge in [0.2, 0.25) is 0 Å². The van der Waals surface area contributed by atoms with Crippen molar-refractivity contribution in [3.63, 3.8) is 0 Å². The maximum absolute atomic E-state index is 10.6. The molecule has 4 rings (SSSR count). The summed E-state index contributed by atoms with van der Waals surface area (Å²) in [7, 11) is 0. The fraction of sp³-hybridized carbons (Fsp3) is 0.286. The first-order valence-corrected chi connectivity index (χ1v) is 8.38. The molecular formula is C21H22N2O. The van der Waals surface area contributed by atoms with E-state index in [-0.39, 0.29) is 5.41 Å². The molecule has 2 heterocycles. The first kappa shape index (κ1) is 15.2.